The van der Waals surface area contributed by atoms with Crippen LogP contribution in [0.3, 0.4) is 0 Å². The van der Waals surface area contributed by atoms with E-state index in [1.807, 2.05) is 53.7 Å². The van der Waals surface area contributed by atoms with Gasteiger partial charge in [0.05, 0.1) is 23.1 Å². The lowest BCUT2D eigenvalue weighted by molar-refractivity contribution is -0.0551. The molecule has 1 aliphatic rings. The standard InChI is InChI=1S/C16H25NO3S/c1-11-7-12(2)15(13(3)8-11)21(18,19)17-9-14(4)20-10-16(17,5)6/h7-8,14H,9-10H2,1-6H3. The van der Waals surface area contributed by atoms with Crippen LogP contribution in [0.2, 0.25) is 0 Å². The minimum atomic E-state index is -3.53. The van der Waals surface area contributed by atoms with Crippen LogP contribution in [-0.2, 0) is 14.8 Å². The van der Waals surface area contributed by atoms with Crippen LogP contribution in [0, 0.1) is 20.8 Å². The molecular formula is C16H25NO3S. The van der Waals surface area contributed by atoms with Crippen molar-refractivity contribution < 1.29 is 13.2 Å². The molecule has 118 valence electrons. The molecule has 0 amide bonds. The Bertz CT molecular complexity index is 626. The number of hydrogen-bond donors (Lipinski definition) is 0. The number of hydrogen-bond acceptors (Lipinski definition) is 3. The molecule has 0 aliphatic carbocycles. The van der Waals surface area contributed by atoms with E-state index in [2.05, 4.69) is 0 Å². The van der Waals surface area contributed by atoms with Crippen molar-refractivity contribution >= 4 is 10.0 Å². The van der Waals surface area contributed by atoms with E-state index in [9.17, 15) is 8.42 Å². The Morgan fingerprint density at radius 2 is 1.71 bits per heavy atom. The fourth-order valence-corrected chi connectivity index (χ4v) is 5.32. The van der Waals surface area contributed by atoms with Gasteiger partial charge in [-0.15, -0.1) is 0 Å². The van der Waals surface area contributed by atoms with Crippen LogP contribution in [0.5, 0.6) is 0 Å². The molecule has 0 aromatic heterocycles. The van der Waals surface area contributed by atoms with Gasteiger partial charge < -0.3 is 4.74 Å². The van der Waals surface area contributed by atoms with Gasteiger partial charge >= 0.3 is 0 Å². The molecule has 4 nitrogen and oxygen atoms in total. The van der Waals surface area contributed by atoms with Gasteiger partial charge in [0, 0.05) is 6.54 Å². The highest BCUT2D eigenvalue weighted by Crippen LogP contribution is 2.32. The number of nitrogens with zero attached hydrogens (tertiary/aromatic N) is 1. The largest absolute Gasteiger partial charge is 0.375 e. The van der Waals surface area contributed by atoms with Crippen LogP contribution in [0.15, 0.2) is 17.0 Å². The maximum atomic E-state index is 13.2. The van der Waals surface area contributed by atoms with Crippen molar-refractivity contribution in [1.29, 1.82) is 0 Å². The Balaban J connectivity index is 2.56. The first-order chi connectivity index (χ1) is 9.55. The van der Waals surface area contributed by atoms with Crippen molar-refractivity contribution in [2.24, 2.45) is 0 Å². The van der Waals surface area contributed by atoms with Crippen LogP contribution >= 0.6 is 0 Å². The molecule has 1 aromatic carbocycles. The Morgan fingerprint density at radius 1 is 1.19 bits per heavy atom. The summed E-state index contributed by atoms with van der Waals surface area (Å²) >= 11 is 0. The predicted molar refractivity (Wildman–Crippen MR) is 84.0 cm³/mol. The van der Waals surface area contributed by atoms with Crippen LogP contribution < -0.4 is 0 Å². The average Bonchev–Trinajstić information content (AvgIpc) is 2.30. The quantitative estimate of drug-likeness (QED) is 0.844. The number of ether oxygens (including phenoxy) is 1. The molecule has 1 fully saturated rings. The summed E-state index contributed by atoms with van der Waals surface area (Å²) in [6.07, 6.45) is -0.0844. The lowest BCUT2D eigenvalue weighted by atomic mass is 10.1. The zero-order valence-corrected chi connectivity index (χ0v) is 14.5. The molecule has 2 rings (SSSR count). The van der Waals surface area contributed by atoms with Crippen molar-refractivity contribution in [2.75, 3.05) is 13.2 Å². The van der Waals surface area contributed by atoms with E-state index in [0.29, 0.717) is 18.0 Å². The summed E-state index contributed by atoms with van der Waals surface area (Å²) in [5.41, 5.74) is 2.17. The molecule has 1 saturated heterocycles. The van der Waals surface area contributed by atoms with E-state index < -0.39 is 15.6 Å². The van der Waals surface area contributed by atoms with Crippen molar-refractivity contribution in [3.63, 3.8) is 0 Å². The highest BCUT2D eigenvalue weighted by atomic mass is 32.2. The Kier molecular flexibility index (Phi) is 4.21. The first kappa shape index (κ1) is 16.5. The lowest BCUT2D eigenvalue weighted by Crippen LogP contribution is -2.57. The molecule has 1 heterocycles. The molecule has 1 unspecified atom stereocenters. The lowest BCUT2D eigenvalue weighted by Gasteiger charge is -2.43. The van der Waals surface area contributed by atoms with E-state index in [1.54, 1.807) is 4.31 Å². The van der Waals surface area contributed by atoms with Crippen molar-refractivity contribution in [2.45, 2.75) is 58.1 Å². The van der Waals surface area contributed by atoms with Crippen LogP contribution in [-0.4, -0.2) is 37.5 Å². The van der Waals surface area contributed by atoms with E-state index in [1.165, 1.54) is 0 Å². The maximum Gasteiger partial charge on any atom is 0.244 e. The molecule has 1 aromatic rings. The van der Waals surface area contributed by atoms with Gasteiger partial charge in [-0.1, -0.05) is 17.7 Å². The van der Waals surface area contributed by atoms with Crippen molar-refractivity contribution in [3.05, 3.63) is 28.8 Å². The average molecular weight is 311 g/mol. The monoisotopic (exact) mass is 311 g/mol. The van der Waals surface area contributed by atoms with Crippen molar-refractivity contribution in [3.8, 4) is 0 Å². The molecular weight excluding hydrogens is 286 g/mol. The summed E-state index contributed by atoms with van der Waals surface area (Å²) in [7, 11) is -3.53. The van der Waals surface area contributed by atoms with Gasteiger partial charge in [-0.25, -0.2) is 8.42 Å². The zero-order chi connectivity index (χ0) is 16.0. The Labute approximate surface area is 128 Å². The number of morpholine rings is 1. The fraction of sp³-hybridized carbons (Fsp3) is 0.625. The van der Waals surface area contributed by atoms with E-state index in [-0.39, 0.29) is 6.10 Å². The molecule has 21 heavy (non-hydrogen) atoms. The molecule has 1 aliphatic heterocycles. The smallest absolute Gasteiger partial charge is 0.244 e. The molecule has 0 saturated carbocycles. The second-order valence-corrected chi connectivity index (χ2v) is 8.50. The third kappa shape index (κ3) is 3.00. The van der Waals surface area contributed by atoms with Gasteiger partial charge in [-0.05, 0) is 52.7 Å². The summed E-state index contributed by atoms with van der Waals surface area (Å²) in [4.78, 5) is 0.440. The molecule has 0 radical (unpaired) electrons. The predicted octanol–water partition coefficient (Wildman–Crippen LogP) is 2.80. The Hall–Kier alpha value is -0.910. The van der Waals surface area contributed by atoms with Crippen LogP contribution in [0.1, 0.15) is 37.5 Å². The van der Waals surface area contributed by atoms with E-state index in [0.717, 1.165) is 16.7 Å². The van der Waals surface area contributed by atoms with Gasteiger partial charge in [0.1, 0.15) is 0 Å². The normalized spacial score (nSPS) is 23.2. The maximum absolute atomic E-state index is 13.2. The molecule has 0 spiro atoms. The second-order valence-electron chi connectivity index (χ2n) is 6.70. The highest BCUT2D eigenvalue weighted by molar-refractivity contribution is 7.89. The van der Waals surface area contributed by atoms with Gasteiger partial charge in [0.2, 0.25) is 10.0 Å². The summed E-state index contributed by atoms with van der Waals surface area (Å²) < 4.78 is 33.6. The van der Waals surface area contributed by atoms with Gasteiger partial charge in [0.15, 0.2) is 0 Å². The van der Waals surface area contributed by atoms with Gasteiger partial charge in [0.25, 0.3) is 0 Å². The third-order valence-electron chi connectivity index (χ3n) is 3.97. The summed E-state index contributed by atoms with van der Waals surface area (Å²) in [6.45, 7) is 12.3. The minimum Gasteiger partial charge on any atom is -0.375 e. The first-order valence-corrected chi connectivity index (χ1v) is 8.72. The topological polar surface area (TPSA) is 46.6 Å². The molecule has 0 N–H and O–H groups in total. The van der Waals surface area contributed by atoms with E-state index in [4.69, 9.17) is 4.74 Å². The number of benzene rings is 1. The minimum absolute atomic E-state index is 0.0844. The molecule has 5 heteroatoms. The first-order valence-electron chi connectivity index (χ1n) is 7.28. The van der Waals surface area contributed by atoms with Crippen LogP contribution in [0.4, 0.5) is 0 Å². The zero-order valence-electron chi connectivity index (χ0n) is 13.7. The number of aryl methyl sites for hydroxylation is 3. The van der Waals surface area contributed by atoms with E-state index >= 15 is 0 Å². The summed E-state index contributed by atoms with van der Waals surface area (Å²) in [5.74, 6) is 0. The second kappa shape index (κ2) is 5.38. The summed E-state index contributed by atoms with van der Waals surface area (Å²) in [6, 6.07) is 3.85. The number of sulfonamides is 1. The van der Waals surface area contributed by atoms with Gasteiger partial charge in [-0.2, -0.15) is 4.31 Å². The fourth-order valence-electron chi connectivity index (χ4n) is 3.06. The summed E-state index contributed by atoms with van der Waals surface area (Å²) in [5, 5.41) is 0. The van der Waals surface area contributed by atoms with Crippen molar-refractivity contribution in [1.82, 2.24) is 4.31 Å². The van der Waals surface area contributed by atoms with Gasteiger partial charge in [-0.3, -0.25) is 0 Å². The number of rotatable bonds is 2. The van der Waals surface area contributed by atoms with Crippen LogP contribution in [0.25, 0.3) is 0 Å². The highest BCUT2D eigenvalue weighted by Gasteiger charge is 2.42. The Morgan fingerprint density at radius 3 is 2.24 bits per heavy atom. The SMILES string of the molecule is Cc1cc(C)c(S(=O)(=O)N2CC(C)OCC2(C)C)c(C)c1. The molecule has 1 atom stereocenters. The molecule has 0 bridgehead atoms. The third-order valence-corrected chi connectivity index (χ3v) is 6.36.